The third kappa shape index (κ3) is 5.07. The molecule has 0 rings (SSSR count). The molecule has 0 amide bonds. The van der Waals surface area contributed by atoms with Gasteiger partial charge in [0.15, 0.2) is 0 Å². The van der Waals surface area contributed by atoms with Crippen molar-refractivity contribution in [2.75, 3.05) is 0 Å². The summed E-state index contributed by atoms with van der Waals surface area (Å²) in [6.07, 6.45) is 4.98. The van der Waals surface area contributed by atoms with Gasteiger partial charge in [-0.05, 0) is 13.3 Å². The van der Waals surface area contributed by atoms with Crippen molar-refractivity contribution in [2.24, 2.45) is 0 Å². The van der Waals surface area contributed by atoms with E-state index in [1.54, 1.807) is 0 Å². The van der Waals surface area contributed by atoms with Crippen LogP contribution in [0.2, 0.25) is 0 Å². The molecule has 2 nitrogen and oxygen atoms in total. The van der Waals surface area contributed by atoms with Crippen LogP contribution in [-0.2, 0) is 9.53 Å². The van der Waals surface area contributed by atoms with Gasteiger partial charge in [-0.15, -0.1) is 0 Å². The Labute approximate surface area is 55.5 Å². The highest BCUT2D eigenvalue weighted by Crippen LogP contribution is 1.92. The van der Waals surface area contributed by atoms with E-state index in [2.05, 4.69) is 11.8 Å². The van der Waals surface area contributed by atoms with Crippen LogP contribution in [0.1, 0.15) is 19.8 Å². The number of ether oxygens (including phenoxy) is 1. The molecule has 0 heterocycles. The molecule has 1 radical (unpaired) electrons. The first kappa shape index (κ1) is 8.21. The number of carbonyl (C=O) groups is 1. The maximum atomic E-state index is 10.4. The first-order valence-electron chi connectivity index (χ1n) is 2.87. The van der Waals surface area contributed by atoms with Crippen molar-refractivity contribution in [3.05, 3.63) is 19.3 Å². The van der Waals surface area contributed by atoms with Gasteiger partial charge in [-0.25, -0.2) is 0 Å². The van der Waals surface area contributed by atoms with Crippen LogP contribution in [-0.4, -0.2) is 5.97 Å². The second-order valence-corrected chi connectivity index (χ2v) is 1.62. The minimum absolute atomic E-state index is 0.256. The summed E-state index contributed by atoms with van der Waals surface area (Å²) in [6.45, 7) is 1.91. The predicted molar refractivity (Wildman–Crippen MR) is 35.5 cm³/mol. The molecular formula is C7H11O2. The Balaban J connectivity index is 3.17. The highest BCUT2D eigenvalue weighted by molar-refractivity contribution is 5.69. The lowest BCUT2D eigenvalue weighted by atomic mass is 10.3. The Morgan fingerprint density at radius 1 is 1.78 bits per heavy atom. The summed E-state index contributed by atoms with van der Waals surface area (Å²) in [5.74, 6) is -0.256. The standard InChI is InChI=1S/C7H11O2/c1-3-4-5-6-7(8)9-2/h3-4H,2,5-6H2,1H3. The Kier molecular flexibility index (Phi) is 4.88. The average Bonchev–Trinajstić information content (AvgIpc) is 1.89. The number of hydrogen-bond donors (Lipinski definition) is 0. The van der Waals surface area contributed by atoms with Crippen LogP contribution in [0.3, 0.4) is 0 Å². The van der Waals surface area contributed by atoms with Gasteiger partial charge >= 0.3 is 5.97 Å². The van der Waals surface area contributed by atoms with Crippen LogP contribution in [0.25, 0.3) is 0 Å². The molecule has 0 N–H and O–H groups in total. The lowest BCUT2D eigenvalue weighted by Crippen LogP contribution is -1.96. The Morgan fingerprint density at radius 3 is 2.89 bits per heavy atom. The summed E-state index contributed by atoms with van der Waals surface area (Å²) >= 11 is 0. The van der Waals surface area contributed by atoms with Crippen molar-refractivity contribution in [3.8, 4) is 0 Å². The fourth-order valence-corrected chi connectivity index (χ4v) is 0.440. The van der Waals surface area contributed by atoms with Gasteiger partial charge in [-0.3, -0.25) is 4.79 Å². The van der Waals surface area contributed by atoms with Gasteiger partial charge in [-0.1, -0.05) is 12.2 Å². The lowest BCUT2D eigenvalue weighted by Gasteiger charge is -1.92. The van der Waals surface area contributed by atoms with Crippen molar-refractivity contribution < 1.29 is 9.53 Å². The van der Waals surface area contributed by atoms with E-state index < -0.39 is 0 Å². The van der Waals surface area contributed by atoms with Gasteiger partial charge in [0.2, 0.25) is 0 Å². The molecule has 0 bridgehead atoms. The second-order valence-electron chi connectivity index (χ2n) is 1.62. The summed E-state index contributed by atoms with van der Waals surface area (Å²) in [7, 11) is 2.99. The lowest BCUT2D eigenvalue weighted by molar-refractivity contribution is -0.138. The quantitative estimate of drug-likeness (QED) is 0.426. The molecule has 2 heteroatoms. The van der Waals surface area contributed by atoms with Crippen LogP contribution >= 0.6 is 0 Å². The summed E-state index contributed by atoms with van der Waals surface area (Å²) in [5, 5.41) is 0. The van der Waals surface area contributed by atoms with E-state index in [-0.39, 0.29) is 5.97 Å². The largest absolute Gasteiger partial charge is 0.462 e. The first-order chi connectivity index (χ1) is 4.31. The predicted octanol–water partition coefficient (Wildman–Crippen LogP) is 1.68. The number of rotatable bonds is 3. The summed E-state index contributed by atoms with van der Waals surface area (Å²) in [5.41, 5.74) is 0. The van der Waals surface area contributed by atoms with Crippen molar-refractivity contribution in [1.82, 2.24) is 0 Å². The minimum atomic E-state index is -0.256. The third-order valence-electron chi connectivity index (χ3n) is 0.912. The topological polar surface area (TPSA) is 26.3 Å². The third-order valence-corrected chi connectivity index (χ3v) is 0.912. The fourth-order valence-electron chi connectivity index (χ4n) is 0.440. The van der Waals surface area contributed by atoms with Crippen LogP contribution in [0, 0.1) is 7.11 Å². The summed E-state index contributed by atoms with van der Waals surface area (Å²) < 4.78 is 4.17. The van der Waals surface area contributed by atoms with Crippen molar-refractivity contribution in [3.63, 3.8) is 0 Å². The normalized spacial score (nSPS) is 10.0. The molecule has 0 saturated carbocycles. The zero-order chi connectivity index (χ0) is 7.11. The van der Waals surface area contributed by atoms with E-state index in [0.717, 1.165) is 6.42 Å². The Hall–Kier alpha value is -0.790. The van der Waals surface area contributed by atoms with E-state index >= 15 is 0 Å². The molecule has 51 valence electrons. The van der Waals surface area contributed by atoms with Crippen LogP contribution in [0.4, 0.5) is 0 Å². The van der Waals surface area contributed by atoms with Crippen LogP contribution < -0.4 is 0 Å². The highest BCUT2D eigenvalue weighted by atomic mass is 16.5. The average molecular weight is 127 g/mol. The smallest absolute Gasteiger partial charge is 0.306 e. The van der Waals surface area contributed by atoms with Gasteiger partial charge in [0, 0.05) is 6.42 Å². The van der Waals surface area contributed by atoms with Gasteiger partial charge in [-0.2, -0.15) is 0 Å². The van der Waals surface area contributed by atoms with E-state index in [4.69, 9.17) is 0 Å². The molecule has 0 aromatic heterocycles. The molecule has 0 fully saturated rings. The minimum Gasteiger partial charge on any atom is -0.462 e. The molecule has 0 atom stereocenters. The highest BCUT2D eigenvalue weighted by Gasteiger charge is 1.94. The molecule has 0 aromatic rings. The van der Waals surface area contributed by atoms with E-state index in [0.29, 0.717) is 6.42 Å². The molecule has 0 aliphatic rings. The molecule has 9 heavy (non-hydrogen) atoms. The summed E-state index contributed by atoms with van der Waals surface area (Å²) in [4.78, 5) is 10.4. The van der Waals surface area contributed by atoms with Gasteiger partial charge < -0.3 is 4.74 Å². The van der Waals surface area contributed by atoms with E-state index in [9.17, 15) is 4.79 Å². The van der Waals surface area contributed by atoms with E-state index in [1.165, 1.54) is 0 Å². The molecule has 0 spiro atoms. The number of esters is 1. The molecule has 0 unspecified atom stereocenters. The van der Waals surface area contributed by atoms with Gasteiger partial charge in [0.25, 0.3) is 0 Å². The zero-order valence-electron chi connectivity index (χ0n) is 5.59. The zero-order valence-corrected chi connectivity index (χ0v) is 5.59. The van der Waals surface area contributed by atoms with E-state index in [1.807, 2.05) is 19.1 Å². The van der Waals surface area contributed by atoms with Crippen LogP contribution in [0.5, 0.6) is 0 Å². The molecule has 0 aliphatic carbocycles. The molecular weight excluding hydrogens is 116 g/mol. The fraction of sp³-hybridized carbons (Fsp3) is 0.429. The molecule has 0 aromatic carbocycles. The monoisotopic (exact) mass is 127 g/mol. The SMILES string of the molecule is [CH2]OC(=O)CCC=CC. The number of hydrogen-bond acceptors (Lipinski definition) is 2. The van der Waals surface area contributed by atoms with Crippen molar-refractivity contribution in [1.29, 1.82) is 0 Å². The maximum Gasteiger partial charge on any atom is 0.306 e. The maximum absolute atomic E-state index is 10.4. The Morgan fingerprint density at radius 2 is 2.44 bits per heavy atom. The molecule has 0 saturated heterocycles. The first-order valence-corrected chi connectivity index (χ1v) is 2.87. The van der Waals surface area contributed by atoms with Crippen LogP contribution in [0.15, 0.2) is 12.2 Å². The second kappa shape index (κ2) is 5.35. The van der Waals surface area contributed by atoms with Gasteiger partial charge in [0.05, 0.1) is 0 Å². The number of carbonyl (C=O) groups excluding carboxylic acids is 1. The number of allylic oxidation sites excluding steroid dienone is 2. The van der Waals surface area contributed by atoms with Gasteiger partial charge in [0.1, 0.15) is 7.11 Å². The summed E-state index contributed by atoms with van der Waals surface area (Å²) in [6, 6.07) is 0. The molecule has 0 aliphatic heterocycles. The van der Waals surface area contributed by atoms with Crippen molar-refractivity contribution in [2.45, 2.75) is 19.8 Å². The Bertz CT molecular complexity index is 105. The van der Waals surface area contributed by atoms with Crippen molar-refractivity contribution >= 4 is 5.97 Å².